The number of fused-ring (bicyclic) bond motifs is 7. The van der Waals surface area contributed by atoms with Crippen molar-refractivity contribution in [2.45, 2.75) is 5.41 Å². The summed E-state index contributed by atoms with van der Waals surface area (Å²) in [7, 11) is 0. The lowest BCUT2D eigenvalue weighted by Crippen LogP contribution is -2.28. The van der Waals surface area contributed by atoms with E-state index in [0.717, 1.165) is 22.6 Å². The summed E-state index contributed by atoms with van der Waals surface area (Å²) < 4.78 is 0. The summed E-state index contributed by atoms with van der Waals surface area (Å²) in [5.74, 6) is 0. The molecule has 74 heavy (non-hydrogen) atoms. The molecule has 1 heteroatoms. The Balaban J connectivity index is 0.956. The molecular weight excluding hydrogens is 891 g/mol. The summed E-state index contributed by atoms with van der Waals surface area (Å²) in [6, 6.07) is 110. The van der Waals surface area contributed by atoms with Crippen LogP contribution in [0.5, 0.6) is 0 Å². The van der Waals surface area contributed by atoms with Crippen LogP contribution in [0.4, 0.5) is 17.1 Å². The fourth-order valence-electron chi connectivity index (χ4n) is 12.2. The van der Waals surface area contributed by atoms with Gasteiger partial charge in [0, 0.05) is 22.3 Å². The largest absolute Gasteiger partial charge is 0.309 e. The van der Waals surface area contributed by atoms with Crippen LogP contribution in [0.3, 0.4) is 0 Å². The van der Waals surface area contributed by atoms with E-state index in [4.69, 9.17) is 0 Å². The maximum absolute atomic E-state index is 2.52. The van der Waals surface area contributed by atoms with Gasteiger partial charge in [-0.1, -0.05) is 273 Å². The van der Waals surface area contributed by atoms with Gasteiger partial charge in [0.1, 0.15) is 0 Å². The molecule has 0 saturated heterocycles. The van der Waals surface area contributed by atoms with Crippen molar-refractivity contribution in [2.24, 2.45) is 0 Å². The lowest BCUT2D eigenvalue weighted by atomic mass is 9.67. The Hall–Kier alpha value is -9.56. The van der Waals surface area contributed by atoms with E-state index in [1.165, 1.54) is 105 Å². The third-order valence-corrected chi connectivity index (χ3v) is 15.6. The van der Waals surface area contributed by atoms with Gasteiger partial charge in [-0.15, -0.1) is 0 Å². The van der Waals surface area contributed by atoms with Crippen molar-refractivity contribution >= 4 is 49.4 Å². The first kappa shape index (κ1) is 43.2. The molecule has 0 heterocycles. The second-order valence-corrected chi connectivity index (χ2v) is 19.5. The molecule has 1 aliphatic carbocycles. The topological polar surface area (TPSA) is 3.24 Å². The number of nitrogens with zero attached hydrogens (tertiary/aromatic N) is 1. The molecule has 0 atom stereocenters. The molecule has 0 bridgehead atoms. The zero-order chi connectivity index (χ0) is 49.0. The number of hydrogen-bond donors (Lipinski definition) is 0. The summed E-state index contributed by atoms with van der Waals surface area (Å²) in [6.45, 7) is 0. The predicted molar refractivity (Wildman–Crippen MR) is 313 cm³/mol. The third kappa shape index (κ3) is 7.00. The van der Waals surface area contributed by atoms with E-state index in [1.54, 1.807) is 0 Å². The first-order valence-corrected chi connectivity index (χ1v) is 25.7. The van der Waals surface area contributed by atoms with E-state index in [1.807, 2.05) is 0 Å². The maximum atomic E-state index is 2.52. The standard InChI is InChI=1S/C73H49N/c1-3-18-50(19-4-1)51-34-36-52(37-35-51)53-38-40-54(41-39-53)55-42-46-59(47-43-55)74(72-68-30-12-10-26-63(68)62-25-9-11-29-67(62)71(72)66-31-17-21-56-20-7-8-24-61(56)66)60-48-44-58(45-49-60)73(57-22-5-2-6-23-57)69-32-15-13-27-64(69)65-28-14-16-33-70(65)73/h1-49H. The maximum Gasteiger partial charge on any atom is 0.0713 e. The monoisotopic (exact) mass is 939 g/mol. The van der Waals surface area contributed by atoms with Gasteiger partial charge in [0.15, 0.2) is 0 Å². The molecule has 0 amide bonds. The molecular formula is C73H49N. The molecule has 0 fully saturated rings. The predicted octanol–water partition coefficient (Wildman–Crippen LogP) is 19.6. The van der Waals surface area contributed by atoms with Gasteiger partial charge in [0.05, 0.1) is 11.1 Å². The highest BCUT2D eigenvalue weighted by Crippen LogP contribution is 2.57. The van der Waals surface area contributed by atoms with E-state index in [9.17, 15) is 0 Å². The molecule has 14 rings (SSSR count). The van der Waals surface area contributed by atoms with Crippen LogP contribution in [-0.2, 0) is 5.41 Å². The average molecular weight is 940 g/mol. The van der Waals surface area contributed by atoms with Crippen LogP contribution in [0.15, 0.2) is 297 Å². The minimum absolute atomic E-state index is 0.510. The quantitative estimate of drug-likeness (QED) is 0.130. The van der Waals surface area contributed by atoms with Gasteiger partial charge in [-0.2, -0.15) is 0 Å². The Kier molecular flexibility index (Phi) is 10.5. The SMILES string of the molecule is c1ccc(-c2ccc(-c3ccc(-c4ccc(N(c5ccc(C6(c7ccccc7)c7ccccc7-c7ccccc76)cc5)c5c(-c6cccc7ccccc67)c6ccccc6c6ccccc56)cc4)cc3)cc2)cc1. The van der Waals surface area contributed by atoms with Crippen molar-refractivity contribution in [1.82, 2.24) is 0 Å². The van der Waals surface area contributed by atoms with Crippen molar-refractivity contribution in [3.8, 4) is 55.6 Å². The second kappa shape index (κ2) is 17.9. The van der Waals surface area contributed by atoms with E-state index in [2.05, 4.69) is 302 Å². The number of anilines is 3. The molecule has 0 saturated carbocycles. The van der Waals surface area contributed by atoms with Crippen molar-refractivity contribution < 1.29 is 0 Å². The lowest BCUT2D eigenvalue weighted by Gasteiger charge is -2.35. The van der Waals surface area contributed by atoms with Gasteiger partial charge < -0.3 is 4.90 Å². The van der Waals surface area contributed by atoms with Gasteiger partial charge in [-0.25, -0.2) is 0 Å². The Morgan fingerprint density at radius 1 is 0.230 bits per heavy atom. The van der Waals surface area contributed by atoms with E-state index in [-0.39, 0.29) is 0 Å². The minimum Gasteiger partial charge on any atom is -0.309 e. The van der Waals surface area contributed by atoms with Gasteiger partial charge in [0.2, 0.25) is 0 Å². The second-order valence-electron chi connectivity index (χ2n) is 19.5. The van der Waals surface area contributed by atoms with Crippen LogP contribution in [0.1, 0.15) is 22.3 Å². The minimum atomic E-state index is -0.510. The van der Waals surface area contributed by atoms with Crippen molar-refractivity contribution in [3.63, 3.8) is 0 Å². The number of rotatable bonds is 9. The number of benzene rings is 13. The molecule has 0 unspecified atom stereocenters. The average Bonchev–Trinajstić information content (AvgIpc) is 3.86. The van der Waals surface area contributed by atoms with Crippen LogP contribution in [-0.4, -0.2) is 0 Å². The van der Waals surface area contributed by atoms with Gasteiger partial charge in [-0.05, 0) is 124 Å². The molecule has 0 N–H and O–H groups in total. The Morgan fingerprint density at radius 3 is 1.16 bits per heavy atom. The Labute approximate surface area is 432 Å². The van der Waals surface area contributed by atoms with Crippen LogP contribution < -0.4 is 4.90 Å². The van der Waals surface area contributed by atoms with Crippen LogP contribution in [0.25, 0.3) is 88.0 Å². The van der Waals surface area contributed by atoms with E-state index in [0.29, 0.717) is 0 Å². The zero-order valence-corrected chi connectivity index (χ0v) is 40.7. The normalized spacial score (nSPS) is 12.4. The van der Waals surface area contributed by atoms with Gasteiger partial charge in [-0.3, -0.25) is 0 Å². The molecule has 1 nitrogen and oxygen atoms in total. The third-order valence-electron chi connectivity index (χ3n) is 15.6. The zero-order valence-electron chi connectivity index (χ0n) is 40.7. The molecule has 346 valence electrons. The Bertz CT molecular complexity index is 4140. The molecule has 0 spiro atoms. The number of hydrogen-bond acceptors (Lipinski definition) is 1. The molecule has 13 aromatic rings. The first-order valence-electron chi connectivity index (χ1n) is 25.7. The fraction of sp³-hybridized carbons (Fsp3) is 0.0137. The summed E-state index contributed by atoms with van der Waals surface area (Å²) in [5, 5.41) is 7.30. The summed E-state index contributed by atoms with van der Waals surface area (Å²) in [5.41, 5.74) is 20.0. The fourth-order valence-corrected chi connectivity index (χ4v) is 12.2. The van der Waals surface area contributed by atoms with Gasteiger partial charge >= 0.3 is 0 Å². The highest BCUT2D eigenvalue weighted by molar-refractivity contribution is 6.24. The summed E-state index contributed by atoms with van der Waals surface area (Å²) in [4.78, 5) is 2.52. The highest BCUT2D eigenvalue weighted by atomic mass is 15.1. The van der Waals surface area contributed by atoms with Gasteiger partial charge in [0.25, 0.3) is 0 Å². The molecule has 1 aliphatic rings. The smallest absolute Gasteiger partial charge is 0.0713 e. The van der Waals surface area contributed by atoms with E-state index < -0.39 is 5.41 Å². The Morgan fingerprint density at radius 2 is 0.595 bits per heavy atom. The van der Waals surface area contributed by atoms with Crippen LogP contribution >= 0.6 is 0 Å². The molecule has 0 aromatic heterocycles. The van der Waals surface area contributed by atoms with Crippen molar-refractivity contribution in [3.05, 3.63) is 320 Å². The highest BCUT2D eigenvalue weighted by Gasteiger charge is 2.46. The summed E-state index contributed by atoms with van der Waals surface area (Å²) in [6.07, 6.45) is 0. The first-order chi connectivity index (χ1) is 36.7. The summed E-state index contributed by atoms with van der Waals surface area (Å²) >= 11 is 0. The van der Waals surface area contributed by atoms with Crippen molar-refractivity contribution in [1.29, 1.82) is 0 Å². The molecule has 0 aliphatic heterocycles. The van der Waals surface area contributed by atoms with Crippen molar-refractivity contribution in [2.75, 3.05) is 4.90 Å². The molecule has 13 aromatic carbocycles. The molecule has 0 radical (unpaired) electrons. The van der Waals surface area contributed by atoms with E-state index >= 15 is 0 Å². The lowest BCUT2D eigenvalue weighted by molar-refractivity contribution is 0.768. The van der Waals surface area contributed by atoms with Crippen LogP contribution in [0, 0.1) is 0 Å². The van der Waals surface area contributed by atoms with Crippen LogP contribution in [0.2, 0.25) is 0 Å².